The second kappa shape index (κ2) is 4.73. The average Bonchev–Trinajstić information content (AvgIpc) is 2.76. The van der Waals surface area contributed by atoms with Gasteiger partial charge in [-0.2, -0.15) is 15.0 Å². The molecule has 0 aromatic carbocycles. The summed E-state index contributed by atoms with van der Waals surface area (Å²) in [5.74, 6) is 1.06. The van der Waals surface area contributed by atoms with Crippen LogP contribution in [0.2, 0.25) is 0 Å². The first-order valence-electron chi connectivity index (χ1n) is 5.11. The molecule has 0 amide bonds. The van der Waals surface area contributed by atoms with E-state index in [0.717, 1.165) is 0 Å². The van der Waals surface area contributed by atoms with Crippen LogP contribution in [0.1, 0.15) is 16.3 Å². The lowest BCUT2D eigenvalue weighted by Crippen LogP contribution is -2.17. The van der Waals surface area contributed by atoms with Crippen LogP contribution in [0.4, 0.5) is 11.9 Å². The van der Waals surface area contributed by atoms with Gasteiger partial charge in [-0.25, -0.2) is 4.68 Å². The van der Waals surface area contributed by atoms with Crippen molar-refractivity contribution in [2.24, 2.45) is 0 Å². The van der Waals surface area contributed by atoms with Gasteiger partial charge in [0.05, 0.1) is 6.20 Å². The van der Waals surface area contributed by atoms with E-state index in [-0.39, 0.29) is 18.2 Å². The van der Waals surface area contributed by atoms with Gasteiger partial charge in [0, 0.05) is 14.1 Å². The predicted molar refractivity (Wildman–Crippen MR) is 63.1 cm³/mol. The Hall–Kier alpha value is -2.58. The summed E-state index contributed by atoms with van der Waals surface area (Å²) in [5.41, 5.74) is 5.85. The Kier molecular flexibility index (Phi) is 3.13. The molecule has 2 aromatic rings. The second-order valence-electron chi connectivity index (χ2n) is 3.76. The zero-order chi connectivity index (χ0) is 13.1. The lowest BCUT2D eigenvalue weighted by Gasteiger charge is -2.11. The molecule has 0 aliphatic carbocycles. The number of nitrogens with two attached hydrogens (primary N) is 1. The summed E-state index contributed by atoms with van der Waals surface area (Å²) in [6, 6.07) is 0. The highest BCUT2D eigenvalue weighted by Gasteiger charge is 2.08. The number of anilines is 2. The van der Waals surface area contributed by atoms with Crippen LogP contribution in [0.5, 0.6) is 0 Å². The molecule has 2 aromatic heterocycles. The van der Waals surface area contributed by atoms with E-state index in [0.29, 0.717) is 18.1 Å². The zero-order valence-corrected chi connectivity index (χ0v) is 9.98. The second-order valence-corrected chi connectivity index (χ2v) is 3.76. The van der Waals surface area contributed by atoms with Crippen molar-refractivity contribution in [2.45, 2.75) is 6.54 Å². The number of rotatable bonds is 4. The lowest BCUT2D eigenvalue weighted by molar-refractivity contribution is 0.111. The summed E-state index contributed by atoms with van der Waals surface area (Å²) in [7, 11) is 3.61. The van der Waals surface area contributed by atoms with E-state index in [1.54, 1.807) is 19.0 Å². The van der Waals surface area contributed by atoms with E-state index in [1.807, 2.05) is 0 Å². The highest BCUT2D eigenvalue weighted by Crippen LogP contribution is 2.06. The van der Waals surface area contributed by atoms with Gasteiger partial charge in [-0.1, -0.05) is 5.21 Å². The van der Waals surface area contributed by atoms with Crippen molar-refractivity contribution in [3.63, 3.8) is 0 Å². The first-order valence-corrected chi connectivity index (χ1v) is 5.11. The summed E-state index contributed by atoms with van der Waals surface area (Å²) >= 11 is 0. The molecule has 18 heavy (non-hydrogen) atoms. The Morgan fingerprint density at radius 2 is 2.17 bits per heavy atom. The van der Waals surface area contributed by atoms with Crippen LogP contribution in [0.25, 0.3) is 0 Å². The Labute approximate surface area is 103 Å². The fraction of sp³-hybridized carbons (Fsp3) is 0.333. The number of hydrogen-bond acceptors (Lipinski definition) is 8. The van der Waals surface area contributed by atoms with Crippen LogP contribution < -0.4 is 10.6 Å². The first-order chi connectivity index (χ1) is 8.58. The SMILES string of the molecule is CN(C)c1nc(N)nc(Cn2cc(C=O)nn2)n1. The van der Waals surface area contributed by atoms with E-state index in [9.17, 15) is 4.79 Å². The van der Waals surface area contributed by atoms with Gasteiger partial charge in [0.2, 0.25) is 11.9 Å². The highest BCUT2D eigenvalue weighted by molar-refractivity contribution is 5.70. The predicted octanol–water partition coefficient (Wildman–Crippen LogP) is -1.03. The zero-order valence-electron chi connectivity index (χ0n) is 9.98. The van der Waals surface area contributed by atoms with Crippen molar-refractivity contribution in [1.29, 1.82) is 0 Å². The molecule has 0 saturated carbocycles. The molecule has 0 atom stereocenters. The van der Waals surface area contributed by atoms with Crippen molar-refractivity contribution in [1.82, 2.24) is 29.9 Å². The minimum Gasteiger partial charge on any atom is -0.368 e. The number of carbonyl (C=O) groups excluding carboxylic acids is 1. The third-order valence-corrected chi connectivity index (χ3v) is 2.07. The van der Waals surface area contributed by atoms with Gasteiger partial charge < -0.3 is 10.6 Å². The minimum atomic E-state index is 0.138. The van der Waals surface area contributed by atoms with Crippen LogP contribution in [-0.2, 0) is 6.54 Å². The van der Waals surface area contributed by atoms with E-state index >= 15 is 0 Å². The molecule has 0 saturated heterocycles. The Morgan fingerprint density at radius 1 is 1.39 bits per heavy atom. The third-order valence-electron chi connectivity index (χ3n) is 2.07. The fourth-order valence-electron chi connectivity index (χ4n) is 1.29. The van der Waals surface area contributed by atoms with Gasteiger partial charge in [0.25, 0.3) is 0 Å². The maximum Gasteiger partial charge on any atom is 0.229 e. The molecule has 9 heteroatoms. The van der Waals surface area contributed by atoms with Gasteiger partial charge >= 0.3 is 0 Å². The Morgan fingerprint density at radius 3 is 2.78 bits per heavy atom. The molecule has 0 aliphatic rings. The molecule has 2 N–H and O–H groups in total. The van der Waals surface area contributed by atoms with Gasteiger partial charge in [0.15, 0.2) is 12.1 Å². The summed E-state index contributed by atoms with van der Waals surface area (Å²) in [4.78, 5) is 24.4. The molecule has 0 unspecified atom stereocenters. The largest absolute Gasteiger partial charge is 0.368 e. The fourth-order valence-corrected chi connectivity index (χ4v) is 1.29. The lowest BCUT2D eigenvalue weighted by atomic mass is 10.5. The monoisotopic (exact) mass is 248 g/mol. The van der Waals surface area contributed by atoms with Crippen molar-refractivity contribution < 1.29 is 4.79 Å². The molecular weight excluding hydrogens is 236 g/mol. The summed E-state index contributed by atoms with van der Waals surface area (Å²) in [5, 5.41) is 7.41. The van der Waals surface area contributed by atoms with Crippen molar-refractivity contribution >= 4 is 18.2 Å². The van der Waals surface area contributed by atoms with E-state index in [2.05, 4.69) is 25.3 Å². The molecule has 0 radical (unpaired) electrons. The van der Waals surface area contributed by atoms with Crippen LogP contribution >= 0.6 is 0 Å². The summed E-state index contributed by atoms with van der Waals surface area (Å²) in [6.45, 7) is 0.272. The quantitative estimate of drug-likeness (QED) is 0.683. The van der Waals surface area contributed by atoms with Gasteiger partial charge in [-0.3, -0.25) is 4.79 Å². The Balaban J connectivity index is 2.25. The molecule has 2 rings (SSSR count). The standard InChI is InChI=1S/C9H12N8O/c1-16(2)9-12-7(11-8(10)13-9)4-17-3-6(5-18)14-15-17/h3,5H,4H2,1-2H3,(H2,10,11,12,13). The highest BCUT2D eigenvalue weighted by atomic mass is 16.1. The van der Waals surface area contributed by atoms with Crippen LogP contribution in [-0.4, -0.2) is 50.3 Å². The van der Waals surface area contributed by atoms with Gasteiger partial charge in [-0.05, 0) is 0 Å². The molecule has 0 fully saturated rings. The molecule has 0 spiro atoms. The van der Waals surface area contributed by atoms with Crippen molar-refractivity contribution in [2.75, 3.05) is 24.7 Å². The number of aldehydes is 1. The maximum absolute atomic E-state index is 10.5. The number of aromatic nitrogens is 6. The molecule has 0 bridgehead atoms. The Bertz CT molecular complexity index is 563. The molecule has 94 valence electrons. The van der Waals surface area contributed by atoms with E-state index < -0.39 is 0 Å². The van der Waals surface area contributed by atoms with Crippen LogP contribution in [0.15, 0.2) is 6.20 Å². The van der Waals surface area contributed by atoms with Gasteiger partial charge in [0.1, 0.15) is 12.2 Å². The van der Waals surface area contributed by atoms with Crippen molar-refractivity contribution in [3.8, 4) is 0 Å². The smallest absolute Gasteiger partial charge is 0.229 e. The topological polar surface area (TPSA) is 116 Å². The van der Waals surface area contributed by atoms with Crippen molar-refractivity contribution in [3.05, 3.63) is 17.7 Å². The van der Waals surface area contributed by atoms with Gasteiger partial charge in [-0.15, -0.1) is 5.10 Å². The van der Waals surface area contributed by atoms with E-state index in [4.69, 9.17) is 5.73 Å². The minimum absolute atomic E-state index is 0.138. The summed E-state index contributed by atoms with van der Waals surface area (Å²) < 4.78 is 1.46. The third kappa shape index (κ3) is 2.56. The van der Waals surface area contributed by atoms with Crippen LogP contribution in [0.3, 0.4) is 0 Å². The number of nitrogen functional groups attached to an aromatic ring is 1. The van der Waals surface area contributed by atoms with E-state index in [1.165, 1.54) is 10.9 Å². The number of nitrogens with zero attached hydrogens (tertiary/aromatic N) is 7. The molecule has 2 heterocycles. The average molecular weight is 248 g/mol. The number of hydrogen-bond donors (Lipinski definition) is 1. The number of carbonyl (C=O) groups is 1. The summed E-state index contributed by atoms with van der Waals surface area (Å²) in [6.07, 6.45) is 2.12. The molecule has 0 aliphatic heterocycles. The first kappa shape index (κ1) is 11.9. The molecule has 9 nitrogen and oxygen atoms in total. The maximum atomic E-state index is 10.5. The molecular formula is C9H12N8O. The normalized spacial score (nSPS) is 10.3. The van der Waals surface area contributed by atoms with Crippen LogP contribution in [0, 0.1) is 0 Å².